The van der Waals surface area contributed by atoms with Gasteiger partial charge in [0.15, 0.2) is 0 Å². The molecule has 0 heterocycles. The maximum atomic E-state index is 12.2. The molecule has 146 valence electrons. The number of halogens is 3. The molecule has 27 heavy (non-hydrogen) atoms. The summed E-state index contributed by atoms with van der Waals surface area (Å²) in [6.45, 7) is -0.0162. The fourth-order valence-electron chi connectivity index (χ4n) is 2.15. The van der Waals surface area contributed by atoms with Crippen LogP contribution in [0.5, 0.6) is 0 Å². The van der Waals surface area contributed by atoms with Gasteiger partial charge in [0, 0.05) is 17.2 Å². The second-order valence-corrected chi connectivity index (χ2v) is 9.80. The summed E-state index contributed by atoms with van der Waals surface area (Å²) in [6.07, 6.45) is 0.990. The Morgan fingerprint density at radius 2 is 1.70 bits per heavy atom. The summed E-state index contributed by atoms with van der Waals surface area (Å²) in [5.74, 6) is 0.207. The number of sulfonamides is 1. The molecule has 0 bridgehead atoms. The summed E-state index contributed by atoms with van der Waals surface area (Å²) in [7, 11) is -3.76. The van der Waals surface area contributed by atoms with E-state index in [1.54, 1.807) is 11.8 Å². The molecule has 0 fully saturated rings. The van der Waals surface area contributed by atoms with Crippen LogP contribution in [0.4, 0.5) is 5.69 Å². The molecule has 0 aliphatic carbocycles. The van der Waals surface area contributed by atoms with Crippen LogP contribution >= 0.6 is 46.6 Å². The maximum Gasteiger partial charge on any atom is 0.240 e. The molecular weight excluding hydrogens is 451 g/mol. The third kappa shape index (κ3) is 6.76. The smallest absolute Gasteiger partial charge is 0.240 e. The highest BCUT2D eigenvalue weighted by atomic mass is 35.5. The van der Waals surface area contributed by atoms with E-state index in [2.05, 4.69) is 5.32 Å². The Morgan fingerprint density at radius 3 is 2.33 bits per heavy atom. The number of carbonyl (C=O) groups is 1. The van der Waals surface area contributed by atoms with Crippen LogP contribution in [-0.2, 0) is 14.8 Å². The Balaban J connectivity index is 2.00. The monoisotopic (exact) mass is 466 g/mol. The average molecular weight is 468 g/mol. The van der Waals surface area contributed by atoms with Crippen molar-refractivity contribution in [3.63, 3.8) is 0 Å². The Hall–Kier alpha value is -1.12. The molecule has 0 aliphatic rings. The minimum atomic E-state index is -3.76. The fourth-order valence-corrected chi connectivity index (χ4v) is 4.49. The van der Waals surface area contributed by atoms with Crippen molar-refractivity contribution in [3.8, 4) is 0 Å². The van der Waals surface area contributed by atoms with Crippen molar-refractivity contribution in [3.05, 3.63) is 57.5 Å². The molecular formula is C17H17Cl3N2O3S2. The fraction of sp³-hybridized carbons (Fsp3) is 0.235. The second kappa shape index (κ2) is 9.89. The Labute approximate surface area is 178 Å². The molecule has 5 nitrogen and oxygen atoms in total. The predicted molar refractivity (Wildman–Crippen MR) is 114 cm³/mol. The first kappa shape index (κ1) is 22.2. The number of hydrogen-bond donors (Lipinski definition) is 1. The van der Waals surface area contributed by atoms with Crippen molar-refractivity contribution < 1.29 is 13.2 Å². The number of thioether (sulfide) groups is 1. The van der Waals surface area contributed by atoms with E-state index in [0.717, 1.165) is 15.5 Å². The highest BCUT2D eigenvalue weighted by molar-refractivity contribution is 7.99. The lowest BCUT2D eigenvalue weighted by atomic mass is 10.3. The van der Waals surface area contributed by atoms with Crippen molar-refractivity contribution in [1.29, 1.82) is 0 Å². The van der Waals surface area contributed by atoms with Gasteiger partial charge < -0.3 is 5.32 Å². The van der Waals surface area contributed by atoms with Gasteiger partial charge in [0.05, 0.1) is 27.0 Å². The highest BCUT2D eigenvalue weighted by Gasteiger charge is 2.24. The third-order valence-corrected chi connectivity index (χ3v) is 6.55. The van der Waals surface area contributed by atoms with E-state index in [1.165, 1.54) is 12.1 Å². The van der Waals surface area contributed by atoms with Crippen LogP contribution < -0.4 is 9.62 Å². The van der Waals surface area contributed by atoms with Crippen LogP contribution in [-0.4, -0.2) is 39.4 Å². The number of rotatable bonds is 8. The lowest BCUT2D eigenvalue weighted by Crippen LogP contribution is -2.41. The second-order valence-electron chi connectivity index (χ2n) is 5.50. The Kier molecular flexibility index (Phi) is 8.12. The molecule has 2 aromatic carbocycles. The quantitative estimate of drug-likeness (QED) is 0.357. The van der Waals surface area contributed by atoms with Gasteiger partial charge in [0.1, 0.15) is 6.54 Å². The van der Waals surface area contributed by atoms with Gasteiger partial charge in [0.25, 0.3) is 0 Å². The van der Waals surface area contributed by atoms with Crippen molar-refractivity contribution in [2.24, 2.45) is 0 Å². The molecule has 0 aromatic heterocycles. The summed E-state index contributed by atoms with van der Waals surface area (Å²) in [4.78, 5) is 13.3. The van der Waals surface area contributed by atoms with Crippen LogP contribution in [0.15, 0.2) is 47.4 Å². The molecule has 1 amide bonds. The number of anilines is 1. The van der Waals surface area contributed by atoms with Gasteiger partial charge in [-0.2, -0.15) is 0 Å². The van der Waals surface area contributed by atoms with Crippen molar-refractivity contribution in [2.75, 3.05) is 29.4 Å². The number of hydrogen-bond acceptors (Lipinski definition) is 4. The van der Waals surface area contributed by atoms with Crippen LogP contribution in [0.25, 0.3) is 0 Å². The number of carbonyl (C=O) groups excluding carboxylic acids is 1. The molecule has 0 saturated heterocycles. The molecule has 2 rings (SSSR count). The summed E-state index contributed by atoms with van der Waals surface area (Å²) >= 11 is 19.5. The average Bonchev–Trinajstić information content (AvgIpc) is 2.60. The summed E-state index contributed by atoms with van der Waals surface area (Å²) in [5.41, 5.74) is 0.0994. The Morgan fingerprint density at radius 1 is 1.07 bits per heavy atom. The minimum absolute atomic E-state index is 0.0854. The van der Waals surface area contributed by atoms with E-state index < -0.39 is 22.5 Å². The number of nitrogens with zero attached hydrogens (tertiary/aromatic N) is 1. The van der Waals surface area contributed by atoms with Crippen molar-refractivity contribution >= 4 is 68.2 Å². The first-order chi connectivity index (χ1) is 12.7. The van der Waals surface area contributed by atoms with Gasteiger partial charge in [-0.25, -0.2) is 8.42 Å². The van der Waals surface area contributed by atoms with Gasteiger partial charge in [0.2, 0.25) is 15.9 Å². The van der Waals surface area contributed by atoms with E-state index in [4.69, 9.17) is 34.8 Å². The molecule has 1 N–H and O–H groups in total. The SMILES string of the molecule is CS(=O)(=O)N(CC(=O)NCCSc1ccccc1)c1cc(Cl)c(Cl)cc1Cl. The number of nitrogens with one attached hydrogen (secondary N) is 1. The standard InChI is InChI=1S/C17H17Cl3N2O3S2/c1-27(24,25)22(16-10-14(19)13(18)9-15(16)20)11-17(23)21-7-8-26-12-5-3-2-4-6-12/h2-6,9-10H,7-8,11H2,1H3,(H,21,23). The van der Waals surface area contributed by atoms with Crippen LogP contribution in [0.2, 0.25) is 15.1 Å². The van der Waals surface area contributed by atoms with Crippen LogP contribution in [0.3, 0.4) is 0 Å². The molecule has 2 aromatic rings. The molecule has 10 heteroatoms. The third-order valence-electron chi connectivity index (χ3n) is 3.38. The van der Waals surface area contributed by atoms with E-state index in [0.29, 0.717) is 12.3 Å². The van der Waals surface area contributed by atoms with Crippen molar-refractivity contribution in [2.45, 2.75) is 4.90 Å². The predicted octanol–water partition coefficient (Wildman–Crippen LogP) is 4.32. The first-order valence-electron chi connectivity index (χ1n) is 7.75. The number of amides is 1. The normalized spacial score (nSPS) is 11.3. The summed E-state index contributed by atoms with van der Waals surface area (Å²) in [5, 5.41) is 3.13. The number of benzene rings is 2. The van der Waals surface area contributed by atoms with Crippen LogP contribution in [0, 0.1) is 0 Å². The zero-order valence-electron chi connectivity index (χ0n) is 14.3. The molecule has 0 aliphatic heterocycles. The molecule has 0 spiro atoms. The zero-order valence-corrected chi connectivity index (χ0v) is 18.2. The van der Waals surface area contributed by atoms with E-state index in [-0.39, 0.29) is 20.8 Å². The molecule has 0 saturated carbocycles. The van der Waals surface area contributed by atoms with Gasteiger partial charge in [-0.15, -0.1) is 11.8 Å². The van der Waals surface area contributed by atoms with Gasteiger partial charge in [-0.1, -0.05) is 53.0 Å². The van der Waals surface area contributed by atoms with E-state index in [1.807, 2.05) is 30.3 Å². The van der Waals surface area contributed by atoms with E-state index >= 15 is 0 Å². The molecule has 0 atom stereocenters. The zero-order chi connectivity index (χ0) is 20.0. The van der Waals surface area contributed by atoms with Gasteiger partial charge in [-0.3, -0.25) is 9.10 Å². The van der Waals surface area contributed by atoms with Crippen molar-refractivity contribution in [1.82, 2.24) is 5.32 Å². The maximum absolute atomic E-state index is 12.2. The lowest BCUT2D eigenvalue weighted by molar-refractivity contribution is -0.119. The Bertz CT molecular complexity index is 909. The van der Waals surface area contributed by atoms with E-state index in [9.17, 15) is 13.2 Å². The highest BCUT2D eigenvalue weighted by Crippen LogP contribution is 2.35. The van der Waals surface area contributed by atoms with Gasteiger partial charge in [-0.05, 0) is 24.3 Å². The van der Waals surface area contributed by atoms with Gasteiger partial charge >= 0.3 is 0 Å². The first-order valence-corrected chi connectivity index (χ1v) is 11.7. The minimum Gasteiger partial charge on any atom is -0.354 e. The summed E-state index contributed by atoms with van der Waals surface area (Å²) < 4.78 is 25.2. The topological polar surface area (TPSA) is 66.5 Å². The lowest BCUT2D eigenvalue weighted by Gasteiger charge is -2.23. The molecule has 0 radical (unpaired) electrons. The molecule has 0 unspecified atom stereocenters. The van der Waals surface area contributed by atoms with Crippen LogP contribution in [0.1, 0.15) is 0 Å². The largest absolute Gasteiger partial charge is 0.354 e. The summed E-state index contributed by atoms with van der Waals surface area (Å²) in [6, 6.07) is 12.4.